The molecule has 1 amide bonds. The molecule has 0 aromatic heterocycles. The molecule has 0 heterocycles. The van der Waals surface area contributed by atoms with Gasteiger partial charge in [0.15, 0.2) is 17.3 Å². The van der Waals surface area contributed by atoms with Crippen LogP contribution in [0.5, 0.6) is 11.5 Å². The van der Waals surface area contributed by atoms with E-state index in [4.69, 9.17) is 14.6 Å². The fourth-order valence-corrected chi connectivity index (χ4v) is 2.39. The Labute approximate surface area is 161 Å². The number of carboxylic acid groups (broad SMARTS) is 1. The lowest BCUT2D eigenvalue weighted by atomic mass is 10.1. The van der Waals surface area contributed by atoms with Crippen molar-refractivity contribution in [1.29, 1.82) is 0 Å². The number of rotatable bonds is 9. The van der Waals surface area contributed by atoms with E-state index in [1.807, 2.05) is 0 Å². The Hall–Kier alpha value is -3.42. The van der Waals surface area contributed by atoms with E-state index in [-0.39, 0.29) is 30.1 Å². The van der Waals surface area contributed by atoms with Crippen LogP contribution in [0.3, 0.4) is 0 Å². The number of methoxy groups -OCH3 is 1. The predicted molar refractivity (Wildman–Crippen MR) is 99.7 cm³/mol. The van der Waals surface area contributed by atoms with Gasteiger partial charge in [-0.1, -0.05) is 0 Å². The van der Waals surface area contributed by atoms with E-state index in [0.29, 0.717) is 23.5 Å². The maximum Gasteiger partial charge on any atom is 0.335 e. The molecule has 0 aliphatic heterocycles. The first-order chi connectivity index (χ1) is 13.3. The maximum absolute atomic E-state index is 13.7. The molecule has 0 bridgehead atoms. The van der Waals surface area contributed by atoms with Crippen LogP contribution in [-0.2, 0) is 4.79 Å². The molecule has 0 aliphatic rings. The number of hydrogen-bond acceptors (Lipinski definition) is 5. The Bertz CT molecular complexity index is 896. The summed E-state index contributed by atoms with van der Waals surface area (Å²) in [5.74, 6) is -1.65. The normalized spacial score (nSPS) is 10.2. The summed E-state index contributed by atoms with van der Waals surface area (Å²) >= 11 is 0. The van der Waals surface area contributed by atoms with Crippen molar-refractivity contribution < 1.29 is 33.4 Å². The van der Waals surface area contributed by atoms with Crippen LogP contribution in [0.15, 0.2) is 36.4 Å². The molecule has 0 saturated carbocycles. The molecule has 148 valence electrons. The summed E-state index contributed by atoms with van der Waals surface area (Å²) in [5, 5.41) is 11.3. The van der Waals surface area contributed by atoms with E-state index < -0.39 is 17.7 Å². The van der Waals surface area contributed by atoms with Crippen LogP contribution in [-0.4, -0.2) is 36.5 Å². The Morgan fingerprint density at radius 2 is 1.79 bits per heavy atom. The van der Waals surface area contributed by atoms with E-state index in [0.717, 1.165) is 18.2 Å². The van der Waals surface area contributed by atoms with E-state index in [1.54, 1.807) is 18.2 Å². The number of anilines is 1. The summed E-state index contributed by atoms with van der Waals surface area (Å²) < 4.78 is 24.5. The molecule has 2 aromatic rings. The highest BCUT2D eigenvalue weighted by Crippen LogP contribution is 2.28. The minimum atomic E-state index is -1.21. The highest BCUT2D eigenvalue weighted by molar-refractivity contribution is 5.95. The number of Topliss-reactive ketones (excluding diaryl/α,β-unsaturated/α-hetero) is 1. The third-order valence-corrected chi connectivity index (χ3v) is 3.86. The number of carbonyl (C=O) groups is 3. The van der Waals surface area contributed by atoms with Gasteiger partial charge in [0, 0.05) is 12.0 Å². The van der Waals surface area contributed by atoms with Crippen molar-refractivity contribution in [3.8, 4) is 11.5 Å². The van der Waals surface area contributed by atoms with Gasteiger partial charge in [-0.3, -0.25) is 9.59 Å². The van der Waals surface area contributed by atoms with Crippen LogP contribution < -0.4 is 14.8 Å². The van der Waals surface area contributed by atoms with Gasteiger partial charge in [0.2, 0.25) is 5.91 Å². The first-order valence-corrected chi connectivity index (χ1v) is 8.46. The van der Waals surface area contributed by atoms with Gasteiger partial charge in [-0.2, -0.15) is 0 Å². The van der Waals surface area contributed by atoms with Crippen molar-refractivity contribution in [3.05, 3.63) is 53.3 Å². The molecule has 2 aromatic carbocycles. The Kier molecular flexibility index (Phi) is 7.08. The Morgan fingerprint density at radius 3 is 2.43 bits per heavy atom. The molecule has 0 fully saturated rings. The summed E-state index contributed by atoms with van der Waals surface area (Å²) in [7, 11) is 1.46. The fourth-order valence-electron chi connectivity index (χ4n) is 2.39. The van der Waals surface area contributed by atoms with Crippen molar-refractivity contribution in [2.45, 2.75) is 19.8 Å². The zero-order valence-electron chi connectivity index (χ0n) is 15.5. The molecule has 8 heteroatoms. The largest absolute Gasteiger partial charge is 0.493 e. The quantitative estimate of drug-likeness (QED) is 0.502. The summed E-state index contributed by atoms with van der Waals surface area (Å²) in [6.07, 6.45) is 0.383. The zero-order valence-corrected chi connectivity index (χ0v) is 15.5. The van der Waals surface area contributed by atoms with Crippen LogP contribution in [0.25, 0.3) is 0 Å². The monoisotopic (exact) mass is 389 g/mol. The number of halogens is 1. The van der Waals surface area contributed by atoms with Crippen LogP contribution in [0.1, 0.15) is 40.5 Å². The minimum Gasteiger partial charge on any atom is -0.493 e. The molecule has 7 nitrogen and oxygen atoms in total. The first kappa shape index (κ1) is 20.9. The average molecular weight is 389 g/mol. The van der Waals surface area contributed by atoms with Crippen molar-refractivity contribution >= 4 is 23.3 Å². The number of carbonyl (C=O) groups excluding carboxylic acids is 2. The van der Waals surface area contributed by atoms with E-state index >= 15 is 0 Å². The molecule has 0 aliphatic carbocycles. The van der Waals surface area contributed by atoms with Crippen LogP contribution in [0, 0.1) is 5.82 Å². The van der Waals surface area contributed by atoms with E-state index in [1.165, 1.54) is 14.0 Å². The lowest BCUT2D eigenvalue weighted by Gasteiger charge is -2.12. The summed E-state index contributed by atoms with van der Waals surface area (Å²) in [4.78, 5) is 34.3. The molecule has 2 N–H and O–H groups in total. The van der Waals surface area contributed by atoms with E-state index in [9.17, 15) is 18.8 Å². The lowest BCUT2D eigenvalue weighted by molar-refractivity contribution is -0.116. The summed E-state index contributed by atoms with van der Waals surface area (Å²) in [6, 6.07) is 7.97. The summed E-state index contributed by atoms with van der Waals surface area (Å²) in [5.41, 5.74) is 0.183. The maximum atomic E-state index is 13.7. The predicted octanol–water partition coefficient (Wildman–Crippen LogP) is 3.53. The fraction of sp³-hybridized carbons (Fsp3) is 0.250. The van der Waals surface area contributed by atoms with Crippen LogP contribution in [0.4, 0.5) is 10.1 Å². The Balaban J connectivity index is 1.87. The number of ether oxygens (including phenoxy) is 2. The number of nitrogens with one attached hydrogen (secondary N) is 1. The van der Waals surface area contributed by atoms with Crippen LogP contribution >= 0.6 is 0 Å². The second kappa shape index (κ2) is 9.50. The minimum absolute atomic E-state index is 0.0462. The molecule has 2 rings (SSSR count). The van der Waals surface area contributed by atoms with Gasteiger partial charge < -0.3 is 19.9 Å². The van der Waals surface area contributed by atoms with Gasteiger partial charge in [0.25, 0.3) is 0 Å². The highest BCUT2D eigenvalue weighted by Gasteiger charge is 2.12. The molecule has 0 atom stereocenters. The number of aromatic carboxylic acids is 1. The van der Waals surface area contributed by atoms with Gasteiger partial charge in [0.05, 0.1) is 25.0 Å². The number of carboxylic acids is 1. The Morgan fingerprint density at radius 1 is 1.07 bits per heavy atom. The van der Waals surface area contributed by atoms with Crippen molar-refractivity contribution in [2.24, 2.45) is 0 Å². The molecule has 0 radical (unpaired) electrons. The molecular formula is C20H20FNO6. The standard InChI is InChI=1S/C20H20FNO6/c1-12(23)13-6-8-17(18(11-13)27-2)28-9-3-4-19(24)22-16-10-14(20(25)26)5-7-15(16)21/h5-8,10-11H,3-4,9H2,1-2H3,(H,22,24)(H,25,26). The van der Waals surface area contributed by atoms with Crippen LogP contribution in [0.2, 0.25) is 0 Å². The second-order valence-corrected chi connectivity index (χ2v) is 5.92. The topological polar surface area (TPSA) is 102 Å². The van der Waals surface area contributed by atoms with Gasteiger partial charge in [-0.05, 0) is 49.7 Å². The van der Waals surface area contributed by atoms with Gasteiger partial charge >= 0.3 is 5.97 Å². The van der Waals surface area contributed by atoms with Crippen molar-refractivity contribution in [1.82, 2.24) is 0 Å². The van der Waals surface area contributed by atoms with Gasteiger partial charge in [-0.15, -0.1) is 0 Å². The number of ketones is 1. The third-order valence-electron chi connectivity index (χ3n) is 3.86. The SMILES string of the molecule is COc1cc(C(C)=O)ccc1OCCCC(=O)Nc1cc(C(=O)O)ccc1F. The molecule has 28 heavy (non-hydrogen) atoms. The zero-order chi connectivity index (χ0) is 20.7. The molecule has 0 saturated heterocycles. The third kappa shape index (κ3) is 5.54. The molecular weight excluding hydrogens is 369 g/mol. The number of hydrogen-bond donors (Lipinski definition) is 2. The van der Waals surface area contributed by atoms with Crippen molar-refractivity contribution in [3.63, 3.8) is 0 Å². The first-order valence-electron chi connectivity index (χ1n) is 8.46. The molecule has 0 unspecified atom stereocenters. The number of benzene rings is 2. The van der Waals surface area contributed by atoms with Gasteiger partial charge in [-0.25, -0.2) is 9.18 Å². The van der Waals surface area contributed by atoms with Crippen molar-refractivity contribution in [2.75, 3.05) is 19.0 Å². The summed E-state index contributed by atoms with van der Waals surface area (Å²) in [6.45, 7) is 1.64. The van der Waals surface area contributed by atoms with Gasteiger partial charge in [0.1, 0.15) is 5.82 Å². The second-order valence-electron chi connectivity index (χ2n) is 5.92. The number of amides is 1. The average Bonchev–Trinajstić information content (AvgIpc) is 2.66. The van der Waals surface area contributed by atoms with E-state index in [2.05, 4.69) is 5.32 Å². The lowest BCUT2D eigenvalue weighted by Crippen LogP contribution is -2.14. The smallest absolute Gasteiger partial charge is 0.335 e. The molecule has 0 spiro atoms. The highest BCUT2D eigenvalue weighted by atomic mass is 19.1.